The fourth-order valence-electron chi connectivity index (χ4n) is 2.65. The van der Waals surface area contributed by atoms with Crippen LogP contribution in [-0.4, -0.2) is 31.7 Å². The van der Waals surface area contributed by atoms with Crippen molar-refractivity contribution in [1.29, 1.82) is 0 Å². The third-order valence-corrected chi connectivity index (χ3v) is 4.11. The van der Waals surface area contributed by atoms with Gasteiger partial charge in [-0.25, -0.2) is 9.89 Å². The zero-order valence-corrected chi connectivity index (χ0v) is 11.2. The number of alkyl halides is 1. The molecule has 1 aliphatic carbocycles. The maximum absolute atomic E-state index is 11.5. The number of aromatic amines is 1. The molecular weight excluding hydrogens is 266 g/mol. The normalized spacial score (nSPS) is 23.6. The minimum Gasteiger partial charge on any atom is -0.366 e. The first kappa shape index (κ1) is 12.5. The van der Waals surface area contributed by atoms with E-state index in [0.29, 0.717) is 29.3 Å². The summed E-state index contributed by atoms with van der Waals surface area (Å²) in [5.74, 6) is 1.82. The lowest BCUT2D eigenvalue weighted by molar-refractivity contribution is 0.352. The highest BCUT2D eigenvalue weighted by Crippen LogP contribution is 2.27. The fraction of sp³-hybridized carbons (Fsp3) is 0.583. The quantitative estimate of drug-likeness (QED) is 0.839. The standard InChI is InChI=1S/C12H16ClN5O/c13-7-8-3-1-2-4-9(8)14-10-5-6-11-15-16-12(19)18(11)17-10/h5-6,8-9H,1-4,7H2,(H,14,17)(H,16,19). The van der Waals surface area contributed by atoms with E-state index in [9.17, 15) is 4.79 Å². The second kappa shape index (κ2) is 5.21. The molecule has 0 amide bonds. The number of rotatable bonds is 3. The number of fused-ring (bicyclic) bond motifs is 1. The molecule has 0 bridgehead atoms. The molecule has 2 heterocycles. The Hall–Kier alpha value is -1.56. The second-order valence-corrected chi connectivity index (χ2v) is 5.28. The zero-order chi connectivity index (χ0) is 13.2. The van der Waals surface area contributed by atoms with Crippen molar-refractivity contribution in [2.75, 3.05) is 11.2 Å². The van der Waals surface area contributed by atoms with Gasteiger partial charge in [0.2, 0.25) is 0 Å². The smallest absolute Gasteiger partial charge is 0.364 e. The van der Waals surface area contributed by atoms with E-state index in [1.807, 2.05) is 6.07 Å². The van der Waals surface area contributed by atoms with Crippen molar-refractivity contribution in [2.45, 2.75) is 31.7 Å². The van der Waals surface area contributed by atoms with Gasteiger partial charge in [0.1, 0.15) is 5.82 Å². The molecule has 2 atom stereocenters. The molecule has 3 rings (SSSR count). The lowest BCUT2D eigenvalue weighted by Gasteiger charge is -2.31. The molecule has 6 nitrogen and oxygen atoms in total. The van der Waals surface area contributed by atoms with Gasteiger partial charge in [-0.15, -0.1) is 16.7 Å². The Bertz CT molecular complexity index is 622. The van der Waals surface area contributed by atoms with E-state index in [0.717, 1.165) is 12.8 Å². The number of H-pyrrole nitrogens is 1. The van der Waals surface area contributed by atoms with Crippen molar-refractivity contribution in [1.82, 2.24) is 19.8 Å². The third kappa shape index (κ3) is 2.45. The highest BCUT2D eigenvalue weighted by Gasteiger charge is 2.24. The van der Waals surface area contributed by atoms with E-state index in [1.54, 1.807) is 6.07 Å². The SMILES string of the molecule is O=c1[nH]nc2ccc(NC3CCCCC3CCl)nn12. The average Bonchev–Trinajstić information content (AvgIpc) is 2.81. The molecule has 102 valence electrons. The molecule has 0 aromatic carbocycles. The minimum atomic E-state index is -0.323. The Labute approximate surface area is 115 Å². The van der Waals surface area contributed by atoms with Gasteiger partial charge in [-0.2, -0.15) is 9.61 Å². The Balaban J connectivity index is 1.83. The zero-order valence-electron chi connectivity index (χ0n) is 10.5. The topological polar surface area (TPSA) is 75.1 Å². The molecule has 1 fully saturated rings. The average molecular weight is 282 g/mol. The van der Waals surface area contributed by atoms with Gasteiger partial charge in [0, 0.05) is 11.9 Å². The van der Waals surface area contributed by atoms with Crippen LogP contribution >= 0.6 is 11.6 Å². The number of halogens is 1. The Morgan fingerprint density at radius 3 is 3.11 bits per heavy atom. The minimum absolute atomic E-state index is 0.323. The first-order valence-corrected chi connectivity index (χ1v) is 7.08. The van der Waals surface area contributed by atoms with Gasteiger partial charge in [0.15, 0.2) is 5.65 Å². The summed E-state index contributed by atoms with van der Waals surface area (Å²) in [5.41, 5.74) is 0.198. The first-order valence-electron chi connectivity index (χ1n) is 6.55. The molecule has 2 aromatic rings. The van der Waals surface area contributed by atoms with E-state index < -0.39 is 0 Å². The summed E-state index contributed by atoms with van der Waals surface area (Å²) < 4.78 is 1.26. The molecule has 0 saturated heterocycles. The van der Waals surface area contributed by atoms with Crippen molar-refractivity contribution >= 4 is 23.1 Å². The van der Waals surface area contributed by atoms with E-state index in [-0.39, 0.29) is 5.69 Å². The number of hydrogen-bond donors (Lipinski definition) is 2. The number of aromatic nitrogens is 4. The molecule has 7 heteroatoms. The molecule has 19 heavy (non-hydrogen) atoms. The fourth-order valence-corrected chi connectivity index (χ4v) is 3.02. The maximum Gasteiger partial charge on any atom is 0.364 e. The van der Waals surface area contributed by atoms with E-state index in [4.69, 9.17) is 11.6 Å². The molecule has 2 N–H and O–H groups in total. The molecule has 1 aliphatic rings. The summed E-state index contributed by atoms with van der Waals surface area (Å²) in [5, 5.41) is 13.9. The Kier molecular flexibility index (Phi) is 3.42. The van der Waals surface area contributed by atoms with Gasteiger partial charge in [0.05, 0.1) is 0 Å². The van der Waals surface area contributed by atoms with E-state index in [1.165, 1.54) is 17.4 Å². The number of nitrogens with zero attached hydrogens (tertiary/aromatic N) is 3. The third-order valence-electron chi connectivity index (χ3n) is 3.71. The van der Waals surface area contributed by atoms with Crippen LogP contribution in [0, 0.1) is 5.92 Å². The number of anilines is 1. The lowest BCUT2D eigenvalue weighted by atomic mass is 9.86. The van der Waals surface area contributed by atoms with Crippen LogP contribution in [0.3, 0.4) is 0 Å². The van der Waals surface area contributed by atoms with Crippen LogP contribution in [0.25, 0.3) is 5.65 Å². The monoisotopic (exact) mass is 281 g/mol. The first-order chi connectivity index (χ1) is 9.28. The van der Waals surface area contributed by atoms with Crippen LogP contribution in [0.2, 0.25) is 0 Å². The predicted octanol–water partition coefficient (Wildman–Crippen LogP) is 1.63. The summed E-state index contributed by atoms with van der Waals surface area (Å²) in [6, 6.07) is 3.94. The summed E-state index contributed by atoms with van der Waals surface area (Å²) in [7, 11) is 0. The summed E-state index contributed by atoms with van der Waals surface area (Å²) in [6.07, 6.45) is 4.69. The van der Waals surface area contributed by atoms with Crippen LogP contribution in [0.5, 0.6) is 0 Å². The van der Waals surface area contributed by atoms with Gasteiger partial charge in [-0.05, 0) is 30.9 Å². The van der Waals surface area contributed by atoms with Crippen molar-refractivity contribution in [2.24, 2.45) is 5.92 Å². The molecule has 1 saturated carbocycles. The van der Waals surface area contributed by atoms with E-state index >= 15 is 0 Å². The molecule has 2 unspecified atom stereocenters. The summed E-state index contributed by atoms with van der Waals surface area (Å²) in [4.78, 5) is 11.5. The van der Waals surface area contributed by atoms with Crippen LogP contribution in [0.1, 0.15) is 25.7 Å². The van der Waals surface area contributed by atoms with Crippen LogP contribution in [0.4, 0.5) is 5.82 Å². The summed E-state index contributed by atoms with van der Waals surface area (Å²) in [6.45, 7) is 0. The van der Waals surface area contributed by atoms with Gasteiger partial charge in [-0.1, -0.05) is 12.8 Å². The van der Waals surface area contributed by atoms with Crippen molar-refractivity contribution in [3.63, 3.8) is 0 Å². The molecule has 0 radical (unpaired) electrons. The van der Waals surface area contributed by atoms with Crippen molar-refractivity contribution in [3.05, 3.63) is 22.6 Å². The summed E-state index contributed by atoms with van der Waals surface area (Å²) >= 11 is 6.01. The highest BCUT2D eigenvalue weighted by atomic mass is 35.5. The molecule has 0 aliphatic heterocycles. The predicted molar refractivity (Wildman–Crippen MR) is 73.7 cm³/mol. The molecular formula is C12H16ClN5O. The lowest BCUT2D eigenvalue weighted by Crippen LogP contribution is -2.33. The van der Waals surface area contributed by atoms with Crippen LogP contribution < -0.4 is 11.0 Å². The largest absolute Gasteiger partial charge is 0.366 e. The second-order valence-electron chi connectivity index (χ2n) is 4.97. The van der Waals surface area contributed by atoms with E-state index in [2.05, 4.69) is 20.6 Å². The maximum atomic E-state index is 11.5. The number of nitrogens with one attached hydrogen (secondary N) is 2. The van der Waals surface area contributed by atoms with Gasteiger partial charge < -0.3 is 5.32 Å². The van der Waals surface area contributed by atoms with Crippen molar-refractivity contribution in [3.8, 4) is 0 Å². The molecule has 0 spiro atoms. The van der Waals surface area contributed by atoms with Gasteiger partial charge >= 0.3 is 5.69 Å². The Morgan fingerprint density at radius 2 is 2.26 bits per heavy atom. The Morgan fingerprint density at radius 1 is 1.42 bits per heavy atom. The van der Waals surface area contributed by atoms with Gasteiger partial charge in [-0.3, -0.25) is 0 Å². The molecule has 2 aromatic heterocycles. The van der Waals surface area contributed by atoms with Crippen molar-refractivity contribution < 1.29 is 0 Å². The highest BCUT2D eigenvalue weighted by molar-refractivity contribution is 6.18. The van der Waals surface area contributed by atoms with Gasteiger partial charge in [0.25, 0.3) is 0 Å². The number of hydrogen-bond acceptors (Lipinski definition) is 4. The van der Waals surface area contributed by atoms with Crippen LogP contribution in [0.15, 0.2) is 16.9 Å². The van der Waals surface area contributed by atoms with Crippen LogP contribution in [-0.2, 0) is 0 Å².